The molecule has 0 aliphatic rings. The van der Waals surface area contributed by atoms with E-state index >= 15 is 0 Å². The Labute approximate surface area is 156 Å². The summed E-state index contributed by atoms with van der Waals surface area (Å²) in [6.45, 7) is 3.21. The van der Waals surface area contributed by atoms with Gasteiger partial charge in [-0.1, -0.05) is 35.5 Å². The molecule has 0 bridgehead atoms. The summed E-state index contributed by atoms with van der Waals surface area (Å²) in [6, 6.07) is 15.0. The molecule has 0 saturated heterocycles. The molecule has 2 aromatic heterocycles. The number of nitrogens with one attached hydrogen (secondary N) is 1. The number of aromatic nitrogens is 1. The third-order valence-electron chi connectivity index (χ3n) is 3.85. The van der Waals surface area contributed by atoms with Crippen LogP contribution in [-0.4, -0.2) is 23.1 Å². The molecule has 0 radical (unpaired) electrons. The van der Waals surface area contributed by atoms with E-state index in [0.29, 0.717) is 17.9 Å². The third-order valence-corrected chi connectivity index (χ3v) is 3.85. The van der Waals surface area contributed by atoms with Crippen LogP contribution >= 0.6 is 0 Å². The van der Waals surface area contributed by atoms with Gasteiger partial charge in [-0.15, -0.1) is 0 Å². The maximum atomic E-state index is 12.0. The lowest BCUT2D eigenvalue weighted by molar-refractivity contribution is -0.153. The molecular weight excluding hydrogens is 348 g/mol. The molecule has 27 heavy (non-hydrogen) atoms. The second-order valence-corrected chi connectivity index (χ2v) is 6.08. The van der Waals surface area contributed by atoms with Crippen LogP contribution in [0, 0.1) is 6.92 Å². The van der Waals surface area contributed by atoms with Gasteiger partial charge in [0.25, 0.3) is 5.91 Å². The number of hydrogen-bond donors (Lipinski definition) is 1. The lowest BCUT2D eigenvalue weighted by atomic mass is 10.2. The van der Waals surface area contributed by atoms with Gasteiger partial charge in [0.05, 0.1) is 6.42 Å². The minimum absolute atomic E-state index is 0.114. The molecule has 1 N–H and O–H groups in total. The number of esters is 1. The Morgan fingerprint density at radius 3 is 2.67 bits per heavy atom. The van der Waals surface area contributed by atoms with Gasteiger partial charge in [-0.2, -0.15) is 0 Å². The number of anilines is 1. The van der Waals surface area contributed by atoms with Crippen molar-refractivity contribution in [3.8, 4) is 11.3 Å². The number of hydrogen-bond acceptors (Lipinski definition) is 6. The molecule has 3 aromatic rings. The number of benzene rings is 1. The molecule has 2 heterocycles. The van der Waals surface area contributed by atoms with Crippen molar-refractivity contribution in [3.63, 3.8) is 0 Å². The van der Waals surface area contributed by atoms with Crippen LogP contribution in [0.15, 0.2) is 57.5 Å². The van der Waals surface area contributed by atoms with Crippen molar-refractivity contribution in [3.05, 3.63) is 60.1 Å². The zero-order chi connectivity index (χ0) is 19.2. The first kappa shape index (κ1) is 18.4. The summed E-state index contributed by atoms with van der Waals surface area (Å²) < 4.78 is 15.8. The van der Waals surface area contributed by atoms with Crippen molar-refractivity contribution in [1.29, 1.82) is 0 Å². The first-order chi connectivity index (χ1) is 13.0. The zero-order valence-corrected chi connectivity index (χ0v) is 15.1. The molecule has 1 amide bonds. The summed E-state index contributed by atoms with van der Waals surface area (Å²) in [5.41, 5.74) is 0.972. The van der Waals surface area contributed by atoms with Crippen molar-refractivity contribution < 1.29 is 23.3 Å². The summed E-state index contributed by atoms with van der Waals surface area (Å²) in [6.07, 6.45) is -0.434. The molecule has 140 valence electrons. The third kappa shape index (κ3) is 5.07. The fraction of sp³-hybridized carbons (Fsp3) is 0.250. The highest BCUT2D eigenvalue weighted by Gasteiger charge is 2.19. The number of furan rings is 1. The highest BCUT2D eigenvalue weighted by atomic mass is 16.5. The molecule has 0 aliphatic heterocycles. The number of carbonyl (C=O) groups is 2. The van der Waals surface area contributed by atoms with Crippen LogP contribution in [0.2, 0.25) is 0 Å². The lowest BCUT2D eigenvalue weighted by Gasteiger charge is -2.11. The highest BCUT2D eigenvalue weighted by molar-refractivity contribution is 5.94. The second-order valence-electron chi connectivity index (χ2n) is 6.08. The van der Waals surface area contributed by atoms with E-state index in [4.69, 9.17) is 13.7 Å². The monoisotopic (exact) mass is 368 g/mol. The van der Waals surface area contributed by atoms with Gasteiger partial charge >= 0.3 is 5.97 Å². The van der Waals surface area contributed by atoms with E-state index < -0.39 is 18.0 Å². The predicted octanol–water partition coefficient (Wildman–Crippen LogP) is 3.75. The second kappa shape index (κ2) is 8.35. The number of nitrogens with zero attached hydrogens (tertiary/aromatic N) is 1. The Morgan fingerprint density at radius 1 is 1.19 bits per heavy atom. The van der Waals surface area contributed by atoms with E-state index in [9.17, 15) is 9.59 Å². The van der Waals surface area contributed by atoms with E-state index in [1.165, 1.54) is 6.92 Å². The number of carbonyl (C=O) groups excluding carboxylic acids is 2. The van der Waals surface area contributed by atoms with E-state index in [0.717, 1.165) is 11.3 Å². The molecule has 1 unspecified atom stereocenters. The number of rotatable bonds is 7. The Balaban J connectivity index is 1.46. The van der Waals surface area contributed by atoms with Crippen LogP contribution in [0.5, 0.6) is 0 Å². The fourth-order valence-electron chi connectivity index (χ4n) is 2.46. The number of ether oxygens (including phenoxy) is 1. The largest absolute Gasteiger partial charge is 0.461 e. The molecule has 1 aromatic carbocycles. The molecular formula is C20H20N2O5. The van der Waals surface area contributed by atoms with Gasteiger partial charge in [-0.3, -0.25) is 9.59 Å². The minimum Gasteiger partial charge on any atom is -0.461 e. The average Bonchev–Trinajstić information content (AvgIpc) is 3.29. The summed E-state index contributed by atoms with van der Waals surface area (Å²) in [5.74, 6) is 1.33. The van der Waals surface area contributed by atoms with Crippen molar-refractivity contribution in [1.82, 2.24) is 5.16 Å². The fourth-order valence-corrected chi connectivity index (χ4v) is 2.46. The van der Waals surface area contributed by atoms with E-state index in [-0.39, 0.29) is 12.2 Å². The van der Waals surface area contributed by atoms with Crippen LogP contribution in [0.3, 0.4) is 0 Å². The maximum absolute atomic E-state index is 12.0. The first-order valence-electron chi connectivity index (χ1n) is 8.59. The topological polar surface area (TPSA) is 94.6 Å². The highest BCUT2D eigenvalue weighted by Crippen LogP contribution is 2.22. The van der Waals surface area contributed by atoms with Gasteiger partial charge in [-0.25, -0.2) is 0 Å². The van der Waals surface area contributed by atoms with Crippen LogP contribution in [0.25, 0.3) is 11.3 Å². The molecule has 0 spiro atoms. The number of amides is 1. The van der Waals surface area contributed by atoms with E-state index in [1.807, 2.05) is 42.5 Å². The predicted molar refractivity (Wildman–Crippen MR) is 97.9 cm³/mol. The molecule has 0 aliphatic carbocycles. The quantitative estimate of drug-likeness (QED) is 0.638. The standard InChI is InChI=1S/C20H20N2O5/c1-13-12-18(22-27-13)21-20(24)14(2)25-19(23)11-9-16-8-10-17(26-16)15-6-4-3-5-7-15/h3-8,10,12,14H,9,11H2,1-2H3,(H,21,22,24). The van der Waals surface area contributed by atoms with Crippen LogP contribution in [0.1, 0.15) is 24.9 Å². The smallest absolute Gasteiger partial charge is 0.307 e. The van der Waals surface area contributed by atoms with Crippen LogP contribution < -0.4 is 5.32 Å². The van der Waals surface area contributed by atoms with Gasteiger partial charge in [0.2, 0.25) is 0 Å². The lowest BCUT2D eigenvalue weighted by Crippen LogP contribution is -2.30. The van der Waals surface area contributed by atoms with E-state index in [2.05, 4.69) is 10.5 Å². The van der Waals surface area contributed by atoms with Crippen LogP contribution in [0.4, 0.5) is 5.82 Å². The Morgan fingerprint density at radius 2 is 1.96 bits per heavy atom. The maximum Gasteiger partial charge on any atom is 0.307 e. The van der Waals surface area contributed by atoms with Gasteiger partial charge in [0, 0.05) is 18.1 Å². The summed E-state index contributed by atoms with van der Waals surface area (Å²) in [4.78, 5) is 24.0. The zero-order valence-electron chi connectivity index (χ0n) is 15.1. The number of aryl methyl sites for hydroxylation is 2. The molecule has 0 saturated carbocycles. The van der Waals surface area contributed by atoms with Gasteiger partial charge < -0.3 is 19.0 Å². The molecule has 3 rings (SSSR count). The van der Waals surface area contributed by atoms with Gasteiger partial charge in [-0.05, 0) is 26.0 Å². The Kier molecular flexibility index (Phi) is 5.71. The Bertz CT molecular complexity index is 913. The Hall–Kier alpha value is -3.35. The molecule has 0 fully saturated rings. The minimum atomic E-state index is -0.939. The average molecular weight is 368 g/mol. The summed E-state index contributed by atoms with van der Waals surface area (Å²) in [5, 5.41) is 6.18. The summed E-state index contributed by atoms with van der Waals surface area (Å²) in [7, 11) is 0. The molecule has 7 nitrogen and oxygen atoms in total. The van der Waals surface area contributed by atoms with Gasteiger partial charge in [0.15, 0.2) is 11.9 Å². The SMILES string of the molecule is Cc1cc(NC(=O)C(C)OC(=O)CCc2ccc(-c3ccccc3)o2)no1. The summed E-state index contributed by atoms with van der Waals surface area (Å²) >= 11 is 0. The van der Waals surface area contributed by atoms with Crippen molar-refractivity contribution in [2.45, 2.75) is 32.8 Å². The van der Waals surface area contributed by atoms with Crippen molar-refractivity contribution in [2.75, 3.05) is 5.32 Å². The van der Waals surface area contributed by atoms with Gasteiger partial charge in [0.1, 0.15) is 17.3 Å². The van der Waals surface area contributed by atoms with Crippen molar-refractivity contribution in [2.24, 2.45) is 0 Å². The van der Waals surface area contributed by atoms with Crippen LogP contribution in [-0.2, 0) is 20.7 Å². The van der Waals surface area contributed by atoms with Crippen molar-refractivity contribution >= 4 is 17.7 Å². The molecule has 7 heteroatoms. The normalized spacial score (nSPS) is 11.8. The molecule has 1 atom stereocenters. The first-order valence-corrected chi connectivity index (χ1v) is 8.59. The van der Waals surface area contributed by atoms with E-state index in [1.54, 1.807) is 13.0 Å².